The summed E-state index contributed by atoms with van der Waals surface area (Å²) in [6.45, 7) is 1.96. The summed E-state index contributed by atoms with van der Waals surface area (Å²) in [5, 5.41) is 2.38. The van der Waals surface area contributed by atoms with Crippen LogP contribution in [0.3, 0.4) is 0 Å². The lowest BCUT2D eigenvalue weighted by Crippen LogP contribution is -2.04. The van der Waals surface area contributed by atoms with Crippen molar-refractivity contribution in [3.05, 3.63) is 50.7 Å². The van der Waals surface area contributed by atoms with Gasteiger partial charge >= 0.3 is 0 Å². The number of ketones is 1. The highest BCUT2D eigenvalue weighted by atomic mass is 35.5. The third kappa shape index (κ3) is 2.10. The first-order valence-electron chi connectivity index (χ1n) is 4.73. The van der Waals surface area contributed by atoms with E-state index in [1.165, 1.54) is 0 Å². The molecule has 0 saturated carbocycles. The number of halogens is 1. The number of rotatable bonds is 2. The molecule has 2 aromatic rings. The molecule has 0 spiro atoms. The summed E-state index contributed by atoms with van der Waals surface area (Å²) in [4.78, 5) is 13.2. The van der Waals surface area contributed by atoms with Gasteiger partial charge in [-0.3, -0.25) is 4.79 Å². The van der Waals surface area contributed by atoms with E-state index < -0.39 is 0 Å². The van der Waals surface area contributed by atoms with Gasteiger partial charge < -0.3 is 5.73 Å². The standard InChI is InChI=1S/C12H10ClNOS/c1-7-4-8(6-16-7)12(15)10-3-2-9(13)5-11(10)14/h2-6H,14H2,1H3. The Kier molecular flexibility index (Phi) is 2.99. The molecule has 2 rings (SSSR count). The molecule has 2 nitrogen and oxygen atoms in total. The Hall–Kier alpha value is -1.32. The van der Waals surface area contributed by atoms with E-state index in [1.807, 2.05) is 18.4 Å². The van der Waals surface area contributed by atoms with E-state index in [-0.39, 0.29) is 5.78 Å². The lowest BCUT2D eigenvalue weighted by Gasteiger charge is -2.03. The van der Waals surface area contributed by atoms with Gasteiger partial charge in [0, 0.05) is 32.1 Å². The molecule has 0 aliphatic heterocycles. The molecule has 1 heterocycles. The summed E-state index contributed by atoms with van der Waals surface area (Å²) in [5.74, 6) is -0.0569. The van der Waals surface area contributed by atoms with Crippen LogP contribution >= 0.6 is 22.9 Å². The maximum Gasteiger partial charge on any atom is 0.195 e. The van der Waals surface area contributed by atoms with Crippen molar-refractivity contribution in [3.63, 3.8) is 0 Å². The SMILES string of the molecule is Cc1cc(C(=O)c2ccc(Cl)cc2N)cs1. The van der Waals surface area contributed by atoms with Gasteiger partial charge in [0.1, 0.15) is 0 Å². The van der Waals surface area contributed by atoms with E-state index in [4.69, 9.17) is 17.3 Å². The number of hydrogen-bond acceptors (Lipinski definition) is 3. The van der Waals surface area contributed by atoms with Crippen molar-refractivity contribution < 1.29 is 4.79 Å². The maximum atomic E-state index is 12.1. The molecule has 1 aromatic carbocycles. The zero-order valence-corrected chi connectivity index (χ0v) is 10.2. The molecule has 0 bridgehead atoms. The van der Waals surface area contributed by atoms with Gasteiger partial charge in [-0.2, -0.15) is 0 Å². The number of hydrogen-bond donors (Lipinski definition) is 1. The molecule has 1 aromatic heterocycles. The third-order valence-electron chi connectivity index (χ3n) is 2.25. The van der Waals surface area contributed by atoms with E-state index in [0.717, 1.165) is 4.88 Å². The van der Waals surface area contributed by atoms with Crippen molar-refractivity contribution in [1.29, 1.82) is 0 Å². The second-order valence-corrected chi connectivity index (χ2v) is 5.06. The normalized spacial score (nSPS) is 10.4. The van der Waals surface area contributed by atoms with Crippen LogP contribution in [0.1, 0.15) is 20.8 Å². The first-order valence-corrected chi connectivity index (χ1v) is 5.98. The fourth-order valence-electron chi connectivity index (χ4n) is 1.46. The van der Waals surface area contributed by atoms with Crippen molar-refractivity contribution in [2.75, 3.05) is 5.73 Å². The Morgan fingerprint density at radius 2 is 2.12 bits per heavy atom. The van der Waals surface area contributed by atoms with Gasteiger partial charge in [0.05, 0.1) is 0 Å². The minimum Gasteiger partial charge on any atom is -0.398 e. The van der Waals surface area contributed by atoms with Crippen LogP contribution in [0.2, 0.25) is 5.02 Å². The molecule has 16 heavy (non-hydrogen) atoms. The van der Waals surface area contributed by atoms with Gasteiger partial charge in [-0.15, -0.1) is 11.3 Å². The Morgan fingerprint density at radius 3 is 2.69 bits per heavy atom. The van der Waals surface area contributed by atoms with Crippen molar-refractivity contribution >= 4 is 34.4 Å². The summed E-state index contributed by atoms with van der Waals surface area (Å²) in [6.07, 6.45) is 0. The second-order valence-electron chi connectivity index (χ2n) is 3.51. The molecule has 0 atom stereocenters. The predicted molar refractivity (Wildman–Crippen MR) is 68.4 cm³/mol. The van der Waals surface area contributed by atoms with Crippen molar-refractivity contribution in [3.8, 4) is 0 Å². The first kappa shape index (κ1) is 11.2. The fourth-order valence-corrected chi connectivity index (χ4v) is 2.32. The number of thiophene rings is 1. The monoisotopic (exact) mass is 251 g/mol. The molecular weight excluding hydrogens is 242 g/mol. The average Bonchev–Trinajstić information content (AvgIpc) is 2.64. The van der Waals surface area contributed by atoms with Gasteiger partial charge in [-0.25, -0.2) is 0 Å². The quantitative estimate of drug-likeness (QED) is 0.656. The molecule has 0 unspecified atom stereocenters. The van der Waals surface area contributed by atoms with E-state index in [2.05, 4.69) is 0 Å². The van der Waals surface area contributed by atoms with E-state index in [0.29, 0.717) is 21.8 Å². The van der Waals surface area contributed by atoms with Crippen molar-refractivity contribution in [1.82, 2.24) is 0 Å². The van der Waals surface area contributed by atoms with Crippen LogP contribution in [0.4, 0.5) is 5.69 Å². The minimum atomic E-state index is -0.0569. The Balaban J connectivity index is 2.41. The van der Waals surface area contributed by atoms with Crippen LogP contribution in [-0.4, -0.2) is 5.78 Å². The smallest absolute Gasteiger partial charge is 0.195 e. The highest BCUT2D eigenvalue weighted by Crippen LogP contribution is 2.23. The van der Waals surface area contributed by atoms with Gasteiger partial charge in [0.15, 0.2) is 5.78 Å². The Labute approximate surface area is 103 Å². The molecule has 0 amide bonds. The Bertz CT molecular complexity index is 548. The van der Waals surface area contributed by atoms with Gasteiger partial charge in [0.25, 0.3) is 0 Å². The van der Waals surface area contributed by atoms with Crippen molar-refractivity contribution in [2.45, 2.75) is 6.92 Å². The highest BCUT2D eigenvalue weighted by molar-refractivity contribution is 7.10. The largest absolute Gasteiger partial charge is 0.398 e. The van der Waals surface area contributed by atoms with Gasteiger partial charge in [-0.1, -0.05) is 11.6 Å². The zero-order chi connectivity index (χ0) is 11.7. The van der Waals surface area contributed by atoms with Crippen LogP contribution in [0, 0.1) is 6.92 Å². The minimum absolute atomic E-state index is 0.0569. The summed E-state index contributed by atoms with van der Waals surface area (Å²) < 4.78 is 0. The lowest BCUT2D eigenvalue weighted by atomic mass is 10.0. The topological polar surface area (TPSA) is 43.1 Å². The van der Waals surface area contributed by atoms with E-state index in [9.17, 15) is 4.79 Å². The fraction of sp³-hybridized carbons (Fsp3) is 0.0833. The predicted octanol–water partition coefficient (Wildman–Crippen LogP) is 3.52. The first-order chi connectivity index (χ1) is 7.58. The molecule has 0 saturated heterocycles. The number of nitrogen functional groups attached to an aromatic ring is 1. The number of benzene rings is 1. The maximum absolute atomic E-state index is 12.1. The van der Waals surface area contributed by atoms with Gasteiger partial charge in [-0.05, 0) is 31.2 Å². The molecule has 0 aliphatic rings. The number of nitrogens with two attached hydrogens (primary N) is 1. The number of aryl methyl sites for hydroxylation is 1. The average molecular weight is 252 g/mol. The van der Waals surface area contributed by atoms with Crippen LogP contribution in [-0.2, 0) is 0 Å². The molecule has 0 fully saturated rings. The van der Waals surface area contributed by atoms with E-state index in [1.54, 1.807) is 29.5 Å². The number of anilines is 1. The van der Waals surface area contributed by atoms with Crippen molar-refractivity contribution in [2.24, 2.45) is 0 Å². The Morgan fingerprint density at radius 1 is 1.38 bits per heavy atom. The van der Waals surface area contributed by atoms with E-state index >= 15 is 0 Å². The van der Waals surface area contributed by atoms with Crippen LogP contribution < -0.4 is 5.73 Å². The molecule has 0 aliphatic carbocycles. The number of carbonyl (C=O) groups is 1. The molecule has 0 radical (unpaired) electrons. The lowest BCUT2D eigenvalue weighted by molar-refractivity contribution is 0.104. The number of carbonyl (C=O) groups excluding carboxylic acids is 1. The summed E-state index contributed by atoms with van der Waals surface area (Å²) in [7, 11) is 0. The third-order valence-corrected chi connectivity index (χ3v) is 3.35. The van der Waals surface area contributed by atoms with Crippen LogP contribution in [0.15, 0.2) is 29.6 Å². The molecule has 82 valence electrons. The van der Waals surface area contributed by atoms with Gasteiger partial charge in [0.2, 0.25) is 0 Å². The summed E-state index contributed by atoms with van der Waals surface area (Å²) >= 11 is 7.33. The molecule has 4 heteroatoms. The highest BCUT2D eigenvalue weighted by Gasteiger charge is 2.13. The van der Waals surface area contributed by atoms with Crippen LogP contribution in [0.25, 0.3) is 0 Å². The zero-order valence-electron chi connectivity index (χ0n) is 8.66. The molecular formula is C12H10ClNOS. The summed E-state index contributed by atoms with van der Waals surface area (Å²) in [6, 6.07) is 6.78. The second kappa shape index (κ2) is 4.28. The van der Waals surface area contributed by atoms with Crippen LogP contribution in [0.5, 0.6) is 0 Å². The summed E-state index contributed by atoms with van der Waals surface area (Å²) in [5.41, 5.74) is 7.36. The molecule has 2 N–H and O–H groups in total.